The number of aryl methyl sites for hydroxylation is 1. The topological polar surface area (TPSA) is 90.1 Å². The van der Waals surface area contributed by atoms with Gasteiger partial charge in [-0.25, -0.2) is 19.0 Å². The second kappa shape index (κ2) is 10.4. The summed E-state index contributed by atoms with van der Waals surface area (Å²) in [5.41, 5.74) is 1.93. The number of piperazine rings is 1. The van der Waals surface area contributed by atoms with E-state index in [2.05, 4.69) is 11.7 Å². The first-order valence-corrected chi connectivity index (χ1v) is 13.2. The maximum Gasteiger partial charge on any atom is 0.246 e. The van der Waals surface area contributed by atoms with Crippen LogP contribution < -0.4 is 4.90 Å². The molecular weight excluding hydrogens is 521 g/mol. The van der Waals surface area contributed by atoms with Gasteiger partial charge in [0, 0.05) is 42.8 Å². The second-order valence-electron chi connectivity index (χ2n) is 10.1. The lowest BCUT2D eigenvalue weighted by Crippen LogP contribution is -2.56. The summed E-state index contributed by atoms with van der Waals surface area (Å²) in [6.07, 6.45) is 1.71. The number of aliphatic hydroxyl groups is 1. The number of benzene rings is 1. The number of hydrogen-bond acceptors (Lipinski definition) is 7. The third kappa shape index (κ3) is 4.68. The maximum absolute atomic E-state index is 14.9. The number of aromatic nitrogens is 3. The van der Waals surface area contributed by atoms with Crippen molar-refractivity contribution in [3.63, 3.8) is 0 Å². The van der Waals surface area contributed by atoms with Crippen LogP contribution in [0.15, 0.2) is 54.2 Å². The van der Waals surface area contributed by atoms with Crippen molar-refractivity contribution >= 4 is 35.0 Å². The van der Waals surface area contributed by atoms with E-state index in [9.17, 15) is 14.3 Å². The van der Waals surface area contributed by atoms with Gasteiger partial charge >= 0.3 is 0 Å². The van der Waals surface area contributed by atoms with Crippen LogP contribution in [0.4, 0.5) is 16.0 Å². The Kier molecular flexibility index (Phi) is 7.17. The molecule has 0 radical (unpaired) electrons. The van der Waals surface area contributed by atoms with Gasteiger partial charge in [0.2, 0.25) is 12.3 Å². The Morgan fingerprint density at radius 1 is 1.26 bits per heavy atom. The summed E-state index contributed by atoms with van der Waals surface area (Å²) in [5, 5.41) is 16.3. The second-order valence-corrected chi connectivity index (χ2v) is 10.5. The molecule has 1 unspecified atom stereocenters. The number of amidine groups is 1. The normalized spacial score (nSPS) is 19.3. The van der Waals surface area contributed by atoms with Crippen LogP contribution in [0, 0.1) is 12.7 Å². The predicted octanol–water partition coefficient (Wildman–Crippen LogP) is 4.52. The van der Waals surface area contributed by atoms with Gasteiger partial charge in [0.15, 0.2) is 0 Å². The van der Waals surface area contributed by atoms with E-state index in [0.717, 1.165) is 5.56 Å². The molecular formula is C28H31ClFN7O2. The number of carbonyl (C=O) groups is 1. The molecule has 2 aliphatic heterocycles. The first-order valence-electron chi connectivity index (χ1n) is 12.8. The van der Waals surface area contributed by atoms with E-state index in [-0.39, 0.29) is 34.3 Å². The minimum absolute atomic E-state index is 0.0106. The van der Waals surface area contributed by atoms with Crippen molar-refractivity contribution in [2.24, 2.45) is 4.99 Å². The number of carbonyl (C=O) groups excluding carboxylic acids is 1. The minimum atomic E-state index is -1.33. The summed E-state index contributed by atoms with van der Waals surface area (Å²) >= 11 is 6.75. The van der Waals surface area contributed by atoms with Crippen LogP contribution >= 0.6 is 11.6 Å². The largest absolute Gasteiger partial charge is 0.355 e. The van der Waals surface area contributed by atoms with Gasteiger partial charge in [-0.2, -0.15) is 5.10 Å². The minimum Gasteiger partial charge on any atom is -0.355 e. The van der Waals surface area contributed by atoms with Crippen LogP contribution in [0.5, 0.6) is 0 Å². The zero-order valence-corrected chi connectivity index (χ0v) is 23.1. The third-order valence-corrected chi connectivity index (χ3v) is 7.36. The molecule has 1 aromatic carbocycles. The SMILES string of the molecule is C=CC(=O)N1CCN(C2=NC(O)N(c3c(C)cnn3C(C)C)c3nc(-c4ccccc4F)c(Cl)cc32)[C@@H](C)C1. The Hall–Kier alpha value is -3.76. The molecule has 4 heterocycles. The third-order valence-electron chi connectivity index (χ3n) is 7.07. The molecule has 204 valence electrons. The Bertz CT molecular complexity index is 1470. The molecule has 0 saturated carbocycles. The first kappa shape index (κ1) is 26.8. The summed E-state index contributed by atoms with van der Waals surface area (Å²) < 4.78 is 16.7. The quantitative estimate of drug-likeness (QED) is 0.480. The molecule has 3 aromatic rings. The average molecular weight is 552 g/mol. The molecule has 1 saturated heterocycles. The number of aliphatic imine (C=N–C) groups is 1. The van der Waals surface area contributed by atoms with Gasteiger partial charge in [-0.05, 0) is 52.0 Å². The molecule has 1 fully saturated rings. The van der Waals surface area contributed by atoms with Gasteiger partial charge in [-0.1, -0.05) is 30.3 Å². The number of nitrogens with zero attached hydrogens (tertiary/aromatic N) is 7. The lowest BCUT2D eigenvalue weighted by Gasteiger charge is -2.44. The molecule has 0 aliphatic carbocycles. The summed E-state index contributed by atoms with van der Waals surface area (Å²) in [6, 6.07) is 7.91. The summed E-state index contributed by atoms with van der Waals surface area (Å²) in [7, 11) is 0. The number of pyridine rings is 1. The Balaban J connectivity index is 1.68. The average Bonchev–Trinajstić information content (AvgIpc) is 3.29. The zero-order chi connectivity index (χ0) is 28.0. The first-order chi connectivity index (χ1) is 18.6. The van der Waals surface area contributed by atoms with Crippen molar-refractivity contribution in [3.05, 3.63) is 71.2 Å². The van der Waals surface area contributed by atoms with E-state index >= 15 is 0 Å². The Labute approximate surface area is 231 Å². The lowest BCUT2D eigenvalue weighted by atomic mass is 10.0. The molecule has 0 spiro atoms. The van der Waals surface area contributed by atoms with Crippen molar-refractivity contribution in [1.82, 2.24) is 24.6 Å². The fourth-order valence-corrected chi connectivity index (χ4v) is 5.43. The van der Waals surface area contributed by atoms with E-state index in [1.807, 2.05) is 32.6 Å². The number of aliphatic hydroxyl groups excluding tert-OH is 1. The highest BCUT2D eigenvalue weighted by Gasteiger charge is 2.38. The Morgan fingerprint density at radius 2 is 2.00 bits per heavy atom. The molecule has 5 rings (SSSR count). The molecule has 2 atom stereocenters. The highest BCUT2D eigenvalue weighted by molar-refractivity contribution is 6.33. The van der Waals surface area contributed by atoms with Gasteiger partial charge in [0.1, 0.15) is 23.3 Å². The van der Waals surface area contributed by atoms with Crippen LogP contribution in [-0.4, -0.2) is 73.4 Å². The van der Waals surface area contributed by atoms with Crippen molar-refractivity contribution in [1.29, 1.82) is 0 Å². The van der Waals surface area contributed by atoms with Gasteiger partial charge in [-0.15, -0.1) is 0 Å². The van der Waals surface area contributed by atoms with Crippen molar-refractivity contribution in [3.8, 4) is 11.3 Å². The number of rotatable bonds is 4. The molecule has 9 nitrogen and oxygen atoms in total. The number of amides is 1. The van der Waals surface area contributed by atoms with Crippen molar-refractivity contribution in [2.45, 2.75) is 46.1 Å². The maximum atomic E-state index is 14.9. The summed E-state index contributed by atoms with van der Waals surface area (Å²) in [4.78, 5) is 27.2. The predicted molar refractivity (Wildman–Crippen MR) is 150 cm³/mol. The molecule has 11 heteroatoms. The van der Waals surface area contributed by atoms with E-state index < -0.39 is 12.2 Å². The fraction of sp³-hybridized carbons (Fsp3) is 0.357. The van der Waals surface area contributed by atoms with E-state index in [1.165, 1.54) is 12.1 Å². The van der Waals surface area contributed by atoms with Crippen LogP contribution in [0.3, 0.4) is 0 Å². The number of anilines is 2. The fourth-order valence-electron chi connectivity index (χ4n) is 5.18. The van der Waals surface area contributed by atoms with Crippen LogP contribution in [-0.2, 0) is 4.79 Å². The summed E-state index contributed by atoms with van der Waals surface area (Å²) in [5.74, 6) is 0.941. The molecule has 1 N–H and O–H groups in total. The van der Waals surface area contributed by atoms with E-state index in [0.29, 0.717) is 42.7 Å². The molecule has 1 amide bonds. The molecule has 0 bridgehead atoms. The van der Waals surface area contributed by atoms with E-state index in [1.54, 1.807) is 44.9 Å². The lowest BCUT2D eigenvalue weighted by molar-refractivity contribution is -0.128. The molecule has 2 aromatic heterocycles. The Morgan fingerprint density at radius 3 is 2.67 bits per heavy atom. The van der Waals surface area contributed by atoms with Gasteiger partial charge < -0.3 is 14.9 Å². The van der Waals surface area contributed by atoms with Crippen LogP contribution in [0.2, 0.25) is 5.02 Å². The molecule has 39 heavy (non-hydrogen) atoms. The smallest absolute Gasteiger partial charge is 0.246 e. The standard InChI is InChI=1S/C28H31ClFN7O2/c1-6-23(38)34-11-12-35(18(5)15-34)25-20-13-21(29)24(19-9-7-8-10-22(19)30)32-26(20)36(28(39)33-25)27-17(4)14-31-37(27)16(2)3/h6-10,13-14,16,18,28,39H,1,11-12,15H2,2-5H3/t18-,28?/m0/s1. The van der Waals surface area contributed by atoms with E-state index in [4.69, 9.17) is 21.6 Å². The molecule has 2 aliphatic rings. The van der Waals surface area contributed by atoms with Gasteiger partial charge in [-0.3, -0.25) is 9.69 Å². The highest BCUT2D eigenvalue weighted by Crippen LogP contribution is 2.41. The number of hydrogen-bond donors (Lipinski definition) is 1. The highest BCUT2D eigenvalue weighted by atomic mass is 35.5. The van der Waals surface area contributed by atoms with Gasteiger partial charge in [0.05, 0.1) is 22.5 Å². The monoisotopic (exact) mass is 551 g/mol. The number of fused-ring (bicyclic) bond motifs is 1. The zero-order valence-electron chi connectivity index (χ0n) is 22.3. The number of halogens is 2. The van der Waals surface area contributed by atoms with Crippen molar-refractivity contribution < 1.29 is 14.3 Å². The van der Waals surface area contributed by atoms with Crippen molar-refractivity contribution in [2.75, 3.05) is 24.5 Å². The van der Waals surface area contributed by atoms with Crippen LogP contribution in [0.25, 0.3) is 11.3 Å². The summed E-state index contributed by atoms with van der Waals surface area (Å²) in [6.45, 7) is 12.9. The van der Waals surface area contributed by atoms with Gasteiger partial charge in [0.25, 0.3) is 0 Å². The van der Waals surface area contributed by atoms with Crippen LogP contribution in [0.1, 0.15) is 37.9 Å².